The number of aromatic amines is 1. The lowest BCUT2D eigenvalue weighted by Gasteiger charge is -1.96. The zero-order chi connectivity index (χ0) is 11.9. The molecule has 4 aromatic rings. The van der Waals surface area contributed by atoms with E-state index in [2.05, 4.69) is 50.3 Å². The van der Waals surface area contributed by atoms with Crippen LogP contribution in [0.25, 0.3) is 34.0 Å². The van der Waals surface area contributed by atoms with Crippen molar-refractivity contribution in [2.75, 3.05) is 0 Å². The first-order valence-electron chi connectivity index (χ1n) is 4.89. The van der Waals surface area contributed by atoms with E-state index in [-0.39, 0.29) is 0 Å². The molecule has 0 fully saturated rings. The van der Waals surface area contributed by atoms with Crippen molar-refractivity contribution in [1.82, 2.24) is 45.7 Å². The van der Waals surface area contributed by atoms with E-state index in [1.54, 1.807) is 0 Å². The third kappa shape index (κ3) is 1.22. The fraction of sp³-hybridized carbons (Fsp3) is 0. The molecule has 0 bridgehead atoms. The predicted molar refractivity (Wildman–Crippen MR) is 55.9 cm³/mol. The lowest BCUT2D eigenvalue weighted by atomic mass is 10.3. The summed E-state index contributed by atoms with van der Waals surface area (Å²) < 4.78 is 4.53. The topological polar surface area (TPSA) is 132 Å². The first-order valence-corrected chi connectivity index (χ1v) is 4.89. The van der Waals surface area contributed by atoms with Crippen LogP contribution >= 0.6 is 0 Å². The van der Waals surface area contributed by atoms with E-state index >= 15 is 0 Å². The number of hydrogen-bond donors (Lipinski definition) is 1. The highest BCUT2D eigenvalue weighted by Crippen LogP contribution is 2.15. The quantitative estimate of drug-likeness (QED) is 0.478. The van der Waals surface area contributed by atoms with Crippen LogP contribution in [0.15, 0.2) is 17.0 Å². The van der Waals surface area contributed by atoms with Crippen molar-refractivity contribution in [1.29, 1.82) is 0 Å². The minimum Gasteiger partial charge on any atom is -0.240 e. The molecule has 18 heavy (non-hydrogen) atoms. The van der Waals surface area contributed by atoms with Gasteiger partial charge in [-0.15, -0.1) is 10.2 Å². The molecule has 10 heteroatoms. The summed E-state index contributed by atoms with van der Waals surface area (Å²) in [6.45, 7) is 0. The van der Waals surface area contributed by atoms with Gasteiger partial charge in [-0.05, 0) is 10.3 Å². The second-order valence-electron chi connectivity index (χ2n) is 3.39. The maximum atomic E-state index is 4.53. The number of hydrogen-bond acceptors (Lipinski definition) is 9. The highest BCUT2D eigenvalue weighted by atomic mass is 16.6. The van der Waals surface area contributed by atoms with E-state index in [0.29, 0.717) is 34.0 Å². The molecule has 0 aliphatic rings. The van der Waals surface area contributed by atoms with Crippen molar-refractivity contribution in [3.63, 3.8) is 0 Å². The lowest BCUT2D eigenvalue weighted by molar-refractivity contribution is 0.314. The molecule has 0 saturated carbocycles. The Morgan fingerprint density at radius 3 is 2.33 bits per heavy atom. The molecular weight excluding hydrogens is 238 g/mol. The van der Waals surface area contributed by atoms with E-state index in [9.17, 15) is 0 Å². The Morgan fingerprint density at radius 1 is 0.778 bits per heavy atom. The standard InChI is InChI=1S/C8H3N9O/c1-3(11-7-5(9-1)13-17-14-7)4-2-10-6-8(12-4)16-18-15-6/h1-2H,(H,9,11,13,14,17). The number of H-pyrrole nitrogens is 1. The van der Waals surface area contributed by atoms with Gasteiger partial charge in [-0.2, -0.15) is 5.21 Å². The second-order valence-corrected chi connectivity index (χ2v) is 3.39. The summed E-state index contributed by atoms with van der Waals surface area (Å²) in [6.07, 6.45) is 3.05. The van der Waals surface area contributed by atoms with Crippen LogP contribution in [-0.4, -0.2) is 45.7 Å². The highest BCUT2D eigenvalue weighted by Gasteiger charge is 2.10. The van der Waals surface area contributed by atoms with Crippen LogP contribution in [0.5, 0.6) is 0 Å². The van der Waals surface area contributed by atoms with Crippen molar-refractivity contribution in [2.45, 2.75) is 0 Å². The van der Waals surface area contributed by atoms with Crippen LogP contribution < -0.4 is 0 Å². The fourth-order valence-corrected chi connectivity index (χ4v) is 1.49. The maximum absolute atomic E-state index is 4.53. The second kappa shape index (κ2) is 3.23. The van der Waals surface area contributed by atoms with Crippen molar-refractivity contribution in [3.8, 4) is 11.4 Å². The minimum absolute atomic E-state index is 0.314. The van der Waals surface area contributed by atoms with Crippen LogP contribution in [0.1, 0.15) is 0 Å². The zero-order valence-electron chi connectivity index (χ0n) is 8.64. The van der Waals surface area contributed by atoms with Gasteiger partial charge in [-0.25, -0.2) is 24.6 Å². The minimum atomic E-state index is 0.314. The van der Waals surface area contributed by atoms with Gasteiger partial charge in [0, 0.05) is 0 Å². The monoisotopic (exact) mass is 241 g/mol. The van der Waals surface area contributed by atoms with Crippen LogP contribution in [0, 0.1) is 0 Å². The summed E-state index contributed by atoms with van der Waals surface area (Å²) >= 11 is 0. The molecule has 0 amide bonds. The Kier molecular flexibility index (Phi) is 1.62. The Hall–Kier alpha value is -3.04. The number of nitrogens with one attached hydrogen (secondary N) is 1. The number of aromatic nitrogens is 9. The summed E-state index contributed by atoms with van der Waals surface area (Å²) in [5, 5.41) is 17.3. The number of fused-ring (bicyclic) bond motifs is 2. The predicted octanol–water partition coefficient (Wildman–Crippen LogP) is -0.259. The molecule has 0 saturated heterocycles. The highest BCUT2D eigenvalue weighted by molar-refractivity contribution is 5.70. The molecule has 0 aromatic carbocycles. The molecule has 0 unspecified atom stereocenters. The third-order valence-electron chi connectivity index (χ3n) is 2.30. The Labute approximate surface area is 97.5 Å². The van der Waals surface area contributed by atoms with Crippen LogP contribution in [0.4, 0.5) is 0 Å². The van der Waals surface area contributed by atoms with Crippen LogP contribution in [-0.2, 0) is 0 Å². The van der Waals surface area contributed by atoms with Gasteiger partial charge in [0.1, 0.15) is 11.4 Å². The summed E-state index contributed by atoms with van der Waals surface area (Å²) in [5.41, 5.74) is 2.54. The molecule has 4 aromatic heterocycles. The fourth-order valence-electron chi connectivity index (χ4n) is 1.49. The maximum Gasteiger partial charge on any atom is 0.244 e. The van der Waals surface area contributed by atoms with Gasteiger partial charge in [0.25, 0.3) is 0 Å². The zero-order valence-corrected chi connectivity index (χ0v) is 8.64. The number of nitrogens with zero attached hydrogens (tertiary/aromatic N) is 8. The van der Waals surface area contributed by atoms with E-state index in [4.69, 9.17) is 0 Å². The van der Waals surface area contributed by atoms with Crippen molar-refractivity contribution >= 4 is 22.6 Å². The van der Waals surface area contributed by atoms with Gasteiger partial charge in [0.05, 0.1) is 12.4 Å². The Balaban J connectivity index is 1.93. The van der Waals surface area contributed by atoms with E-state index in [1.807, 2.05) is 0 Å². The van der Waals surface area contributed by atoms with Crippen molar-refractivity contribution in [3.05, 3.63) is 12.4 Å². The molecule has 1 N–H and O–H groups in total. The summed E-state index contributed by atoms with van der Waals surface area (Å²) in [7, 11) is 0. The third-order valence-corrected chi connectivity index (χ3v) is 2.30. The van der Waals surface area contributed by atoms with Gasteiger partial charge in [-0.1, -0.05) is 0 Å². The molecular formula is C8H3N9O. The van der Waals surface area contributed by atoms with Gasteiger partial charge < -0.3 is 0 Å². The number of rotatable bonds is 1. The van der Waals surface area contributed by atoms with Gasteiger partial charge in [0.15, 0.2) is 0 Å². The largest absolute Gasteiger partial charge is 0.244 e. The molecule has 0 radical (unpaired) electrons. The molecule has 86 valence electrons. The van der Waals surface area contributed by atoms with E-state index in [1.165, 1.54) is 12.4 Å². The van der Waals surface area contributed by atoms with Crippen LogP contribution in [0.3, 0.4) is 0 Å². The Morgan fingerprint density at radius 2 is 1.44 bits per heavy atom. The van der Waals surface area contributed by atoms with Gasteiger partial charge >= 0.3 is 0 Å². The average Bonchev–Trinajstić information content (AvgIpc) is 3.05. The molecule has 10 nitrogen and oxygen atoms in total. The lowest BCUT2D eigenvalue weighted by Crippen LogP contribution is -1.92. The summed E-state index contributed by atoms with van der Waals surface area (Å²) in [6, 6.07) is 0. The van der Waals surface area contributed by atoms with Crippen LogP contribution in [0.2, 0.25) is 0 Å². The van der Waals surface area contributed by atoms with Crippen molar-refractivity contribution in [2.24, 2.45) is 0 Å². The average molecular weight is 241 g/mol. The van der Waals surface area contributed by atoms with E-state index in [0.717, 1.165) is 0 Å². The molecule has 4 heterocycles. The first kappa shape index (κ1) is 9.04. The van der Waals surface area contributed by atoms with Gasteiger partial charge in [-0.3, -0.25) is 0 Å². The molecule has 0 aliphatic heterocycles. The summed E-state index contributed by atoms with van der Waals surface area (Å²) in [4.78, 5) is 16.6. The molecule has 0 atom stereocenters. The van der Waals surface area contributed by atoms with Gasteiger partial charge in [0.2, 0.25) is 22.6 Å². The molecule has 4 rings (SSSR count). The first-order chi connectivity index (χ1) is 8.90. The smallest absolute Gasteiger partial charge is 0.240 e. The molecule has 0 spiro atoms. The molecule has 0 aliphatic carbocycles. The van der Waals surface area contributed by atoms with E-state index < -0.39 is 0 Å². The summed E-state index contributed by atoms with van der Waals surface area (Å²) in [5.74, 6) is 0. The Bertz CT molecular complexity index is 778. The van der Waals surface area contributed by atoms with Crippen molar-refractivity contribution < 1.29 is 4.63 Å². The SMILES string of the molecule is c1nc2n[nH]nc2nc1-c1cnc2nonc2n1. The normalized spacial score (nSPS) is 11.3.